The molecule has 2 amide bonds. The zero-order chi connectivity index (χ0) is 18.0. The van der Waals surface area contributed by atoms with Crippen molar-refractivity contribution in [3.8, 4) is 0 Å². The molecule has 1 aliphatic rings. The summed E-state index contributed by atoms with van der Waals surface area (Å²) in [4.78, 5) is 24.3. The molecule has 2 unspecified atom stereocenters. The standard InChI is InChI=1S/C18H15Cl2FN2O2/c19-13-5-3-7-15(16(13)20)23-18(25)12-8-11(12)17(24)22-9-10-4-1-2-6-14(10)21/h1-7,11-12H,8-9H2,(H,22,24)(H,23,25). The minimum atomic E-state index is -0.421. The predicted octanol–water partition coefficient (Wildman–Crippen LogP) is 4.02. The molecule has 2 aromatic carbocycles. The van der Waals surface area contributed by atoms with E-state index in [0.717, 1.165) is 0 Å². The lowest BCUT2D eigenvalue weighted by atomic mass is 10.2. The van der Waals surface area contributed by atoms with Crippen molar-refractivity contribution in [2.75, 3.05) is 5.32 Å². The third-order valence-corrected chi connectivity index (χ3v) is 4.90. The van der Waals surface area contributed by atoms with Crippen LogP contribution in [-0.4, -0.2) is 11.8 Å². The molecule has 0 radical (unpaired) electrons. The number of halogens is 3. The van der Waals surface area contributed by atoms with Gasteiger partial charge in [0, 0.05) is 12.1 Å². The summed E-state index contributed by atoms with van der Waals surface area (Å²) in [7, 11) is 0. The van der Waals surface area contributed by atoms with Gasteiger partial charge in [-0.15, -0.1) is 0 Å². The van der Waals surface area contributed by atoms with E-state index in [1.807, 2.05) is 0 Å². The smallest absolute Gasteiger partial charge is 0.228 e. The lowest BCUT2D eigenvalue weighted by molar-refractivity contribution is -0.125. The minimum Gasteiger partial charge on any atom is -0.352 e. The maximum atomic E-state index is 13.5. The second kappa shape index (κ2) is 7.42. The highest BCUT2D eigenvalue weighted by molar-refractivity contribution is 6.44. The molecule has 0 bridgehead atoms. The van der Waals surface area contributed by atoms with Crippen LogP contribution in [0.15, 0.2) is 42.5 Å². The summed E-state index contributed by atoms with van der Waals surface area (Å²) < 4.78 is 13.5. The van der Waals surface area contributed by atoms with Crippen molar-refractivity contribution in [3.05, 3.63) is 63.9 Å². The molecule has 4 nitrogen and oxygen atoms in total. The molecule has 7 heteroatoms. The number of hydrogen-bond acceptors (Lipinski definition) is 2. The van der Waals surface area contributed by atoms with Gasteiger partial charge in [-0.25, -0.2) is 4.39 Å². The maximum Gasteiger partial charge on any atom is 0.228 e. The number of anilines is 1. The Hall–Kier alpha value is -2.11. The lowest BCUT2D eigenvalue weighted by Gasteiger charge is -2.08. The van der Waals surface area contributed by atoms with Crippen molar-refractivity contribution in [1.82, 2.24) is 5.32 Å². The number of amides is 2. The van der Waals surface area contributed by atoms with Crippen molar-refractivity contribution in [2.24, 2.45) is 11.8 Å². The van der Waals surface area contributed by atoms with Gasteiger partial charge in [-0.2, -0.15) is 0 Å². The Morgan fingerprint density at radius 1 is 1.04 bits per heavy atom. The molecule has 130 valence electrons. The molecule has 0 aliphatic heterocycles. The maximum absolute atomic E-state index is 13.5. The minimum absolute atomic E-state index is 0.0937. The monoisotopic (exact) mass is 380 g/mol. The van der Waals surface area contributed by atoms with Crippen LogP contribution >= 0.6 is 23.2 Å². The number of rotatable bonds is 5. The van der Waals surface area contributed by atoms with Crippen LogP contribution in [-0.2, 0) is 16.1 Å². The Morgan fingerprint density at radius 2 is 1.76 bits per heavy atom. The van der Waals surface area contributed by atoms with Crippen LogP contribution in [0.25, 0.3) is 0 Å². The summed E-state index contributed by atoms with van der Waals surface area (Å²) in [5.41, 5.74) is 0.819. The zero-order valence-electron chi connectivity index (χ0n) is 13.1. The Bertz CT molecular complexity index is 828. The van der Waals surface area contributed by atoms with Gasteiger partial charge in [-0.3, -0.25) is 9.59 Å². The number of nitrogens with one attached hydrogen (secondary N) is 2. The number of carbonyl (C=O) groups excluding carboxylic acids is 2. The normalized spacial score (nSPS) is 18.5. The van der Waals surface area contributed by atoms with Gasteiger partial charge in [0.2, 0.25) is 11.8 Å². The highest BCUT2D eigenvalue weighted by Gasteiger charge is 2.48. The van der Waals surface area contributed by atoms with E-state index < -0.39 is 11.8 Å². The number of benzene rings is 2. The SMILES string of the molecule is O=C(NCc1ccccc1F)C1CC1C(=O)Nc1cccc(Cl)c1Cl. The summed E-state index contributed by atoms with van der Waals surface area (Å²) in [5, 5.41) is 5.96. The summed E-state index contributed by atoms with van der Waals surface area (Å²) in [6, 6.07) is 11.2. The second-order valence-electron chi connectivity index (χ2n) is 5.85. The van der Waals surface area contributed by atoms with Crippen molar-refractivity contribution in [3.63, 3.8) is 0 Å². The summed E-state index contributed by atoms with van der Waals surface area (Å²) >= 11 is 11.9. The molecular weight excluding hydrogens is 366 g/mol. The molecule has 2 aromatic rings. The molecule has 0 heterocycles. The second-order valence-corrected chi connectivity index (χ2v) is 6.63. The topological polar surface area (TPSA) is 58.2 Å². The summed E-state index contributed by atoms with van der Waals surface area (Å²) in [6.07, 6.45) is 0.452. The molecule has 2 N–H and O–H groups in total. The predicted molar refractivity (Wildman–Crippen MR) is 94.9 cm³/mol. The summed E-state index contributed by atoms with van der Waals surface area (Å²) in [6.45, 7) is 0.0937. The molecule has 25 heavy (non-hydrogen) atoms. The van der Waals surface area contributed by atoms with E-state index in [2.05, 4.69) is 10.6 Å². The first-order valence-corrected chi connectivity index (χ1v) is 8.49. The molecule has 0 spiro atoms. The van der Waals surface area contributed by atoms with Gasteiger partial charge in [-0.1, -0.05) is 47.5 Å². The van der Waals surface area contributed by atoms with Crippen LogP contribution in [0.4, 0.5) is 10.1 Å². The Kier molecular flexibility index (Phi) is 5.25. The van der Waals surface area contributed by atoms with Gasteiger partial charge in [0.25, 0.3) is 0 Å². The first kappa shape index (κ1) is 17.7. The fourth-order valence-corrected chi connectivity index (χ4v) is 2.90. The van der Waals surface area contributed by atoms with Crippen molar-refractivity contribution >= 4 is 40.7 Å². The Morgan fingerprint density at radius 3 is 2.52 bits per heavy atom. The van der Waals surface area contributed by atoms with Gasteiger partial charge in [0.05, 0.1) is 27.6 Å². The highest BCUT2D eigenvalue weighted by atomic mass is 35.5. The van der Waals surface area contributed by atoms with Gasteiger partial charge >= 0.3 is 0 Å². The molecule has 3 rings (SSSR count). The van der Waals surface area contributed by atoms with E-state index in [4.69, 9.17) is 23.2 Å². The van der Waals surface area contributed by atoms with Gasteiger partial charge in [0.1, 0.15) is 5.82 Å². The average Bonchev–Trinajstić information content (AvgIpc) is 3.39. The van der Waals surface area contributed by atoms with Crippen LogP contribution in [0.2, 0.25) is 10.0 Å². The third-order valence-electron chi connectivity index (χ3n) is 4.08. The van der Waals surface area contributed by atoms with Crippen molar-refractivity contribution in [2.45, 2.75) is 13.0 Å². The summed E-state index contributed by atoms with van der Waals surface area (Å²) in [5.74, 6) is -1.75. The fourth-order valence-electron chi connectivity index (χ4n) is 2.56. The van der Waals surface area contributed by atoms with Crippen LogP contribution in [0.3, 0.4) is 0 Å². The largest absolute Gasteiger partial charge is 0.352 e. The molecule has 1 saturated carbocycles. The van der Waals surface area contributed by atoms with Crippen molar-refractivity contribution < 1.29 is 14.0 Å². The van der Waals surface area contributed by atoms with Crippen LogP contribution in [0.1, 0.15) is 12.0 Å². The van der Waals surface area contributed by atoms with E-state index in [1.165, 1.54) is 6.07 Å². The zero-order valence-corrected chi connectivity index (χ0v) is 14.6. The van der Waals surface area contributed by atoms with Crippen molar-refractivity contribution in [1.29, 1.82) is 0 Å². The average molecular weight is 381 g/mol. The number of hydrogen-bond donors (Lipinski definition) is 2. The van der Waals surface area contributed by atoms with Gasteiger partial charge in [-0.05, 0) is 24.6 Å². The number of carbonyl (C=O) groups is 2. The third kappa shape index (κ3) is 4.11. The van der Waals surface area contributed by atoms with E-state index >= 15 is 0 Å². The van der Waals surface area contributed by atoms with Crippen LogP contribution < -0.4 is 10.6 Å². The van der Waals surface area contributed by atoms with Gasteiger partial charge in [0.15, 0.2) is 0 Å². The van der Waals surface area contributed by atoms with E-state index in [9.17, 15) is 14.0 Å². The highest BCUT2D eigenvalue weighted by Crippen LogP contribution is 2.40. The first-order valence-electron chi connectivity index (χ1n) is 7.73. The molecule has 0 saturated heterocycles. The molecule has 0 aromatic heterocycles. The van der Waals surface area contributed by atoms with Gasteiger partial charge < -0.3 is 10.6 Å². The lowest BCUT2D eigenvalue weighted by Crippen LogP contribution is -2.27. The first-order chi connectivity index (χ1) is 12.0. The molecule has 1 fully saturated rings. The van der Waals surface area contributed by atoms with Crippen LogP contribution in [0, 0.1) is 17.7 Å². The molecule has 2 atom stereocenters. The van der Waals surface area contributed by atoms with E-state index in [1.54, 1.807) is 36.4 Å². The van der Waals surface area contributed by atoms with E-state index in [0.29, 0.717) is 22.7 Å². The quantitative estimate of drug-likeness (QED) is 0.822. The van der Waals surface area contributed by atoms with E-state index in [-0.39, 0.29) is 29.2 Å². The molecule has 1 aliphatic carbocycles. The Balaban J connectivity index is 1.53. The fraction of sp³-hybridized carbons (Fsp3) is 0.222. The Labute approximate surface area is 154 Å². The van der Waals surface area contributed by atoms with Crippen LogP contribution in [0.5, 0.6) is 0 Å². The molecular formula is C18H15Cl2FN2O2.